The highest BCUT2D eigenvalue weighted by molar-refractivity contribution is 5.93. The van der Waals surface area contributed by atoms with Crippen molar-refractivity contribution >= 4 is 17.6 Å². The Labute approximate surface area is 166 Å². The van der Waals surface area contributed by atoms with E-state index in [0.717, 1.165) is 16.8 Å². The summed E-state index contributed by atoms with van der Waals surface area (Å²) in [6.45, 7) is 10.0. The van der Waals surface area contributed by atoms with Gasteiger partial charge in [-0.3, -0.25) is 14.4 Å². The molecular formula is C21H30N4O3. The second-order valence-electron chi connectivity index (χ2n) is 8.10. The Balaban J connectivity index is 2.04. The predicted octanol–water partition coefficient (Wildman–Crippen LogP) is 3.06. The molecule has 0 aliphatic carbocycles. The number of esters is 1. The van der Waals surface area contributed by atoms with Gasteiger partial charge in [-0.15, -0.1) is 0 Å². The molecule has 2 rings (SSSR count). The Bertz CT molecular complexity index is 865. The molecule has 0 fully saturated rings. The minimum absolute atomic E-state index is 0.114. The van der Waals surface area contributed by atoms with Crippen molar-refractivity contribution in [3.8, 4) is 0 Å². The van der Waals surface area contributed by atoms with E-state index in [1.54, 1.807) is 11.7 Å². The fourth-order valence-corrected chi connectivity index (χ4v) is 2.79. The molecule has 0 unspecified atom stereocenters. The van der Waals surface area contributed by atoms with Crippen LogP contribution in [0.4, 0.5) is 5.69 Å². The van der Waals surface area contributed by atoms with Gasteiger partial charge in [0, 0.05) is 19.3 Å². The van der Waals surface area contributed by atoms with Gasteiger partial charge in [0.25, 0.3) is 0 Å². The molecule has 0 aliphatic rings. The van der Waals surface area contributed by atoms with Gasteiger partial charge in [0.15, 0.2) is 0 Å². The van der Waals surface area contributed by atoms with Crippen molar-refractivity contribution in [2.45, 2.75) is 46.8 Å². The maximum absolute atomic E-state index is 12.4. The molecule has 1 aromatic carbocycles. The quantitative estimate of drug-likeness (QED) is 0.772. The highest BCUT2D eigenvalue weighted by Gasteiger charge is 2.24. The molecule has 2 aromatic rings. The molecule has 152 valence electrons. The Morgan fingerprint density at radius 3 is 2.57 bits per heavy atom. The van der Waals surface area contributed by atoms with Gasteiger partial charge in [0.2, 0.25) is 5.91 Å². The normalized spacial score (nSPS) is 11.6. The Kier molecular flexibility index (Phi) is 6.61. The third-order valence-corrected chi connectivity index (χ3v) is 4.39. The van der Waals surface area contributed by atoms with E-state index in [2.05, 4.69) is 10.4 Å². The standard InChI is InChI=1S/C21H30N4O3/c1-14-9-8-10-17(15(14)2)23-19(26)13-24(6)12-18-16(11-22-25(18)7)20(27)28-21(3,4)5/h8-11H,12-13H2,1-7H3,(H,23,26). The molecule has 7 heteroatoms. The van der Waals surface area contributed by atoms with Crippen LogP contribution in [0.2, 0.25) is 0 Å². The number of rotatable bonds is 6. The minimum Gasteiger partial charge on any atom is -0.456 e. The van der Waals surface area contributed by atoms with Crippen molar-refractivity contribution in [2.24, 2.45) is 7.05 Å². The van der Waals surface area contributed by atoms with E-state index >= 15 is 0 Å². The first kappa shape index (κ1) is 21.6. The van der Waals surface area contributed by atoms with Crippen molar-refractivity contribution in [1.29, 1.82) is 0 Å². The van der Waals surface area contributed by atoms with E-state index < -0.39 is 11.6 Å². The van der Waals surface area contributed by atoms with Crippen LogP contribution in [0.3, 0.4) is 0 Å². The van der Waals surface area contributed by atoms with Crippen molar-refractivity contribution in [1.82, 2.24) is 14.7 Å². The van der Waals surface area contributed by atoms with Crippen molar-refractivity contribution in [3.63, 3.8) is 0 Å². The SMILES string of the molecule is Cc1cccc(NC(=O)CN(C)Cc2c(C(=O)OC(C)(C)C)cnn2C)c1C. The van der Waals surface area contributed by atoms with Gasteiger partial charge in [0.05, 0.1) is 18.4 Å². The summed E-state index contributed by atoms with van der Waals surface area (Å²) in [6, 6.07) is 5.82. The zero-order valence-corrected chi connectivity index (χ0v) is 17.8. The van der Waals surface area contributed by atoms with E-state index in [9.17, 15) is 9.59 Å². The van der Waals surface area contributed by atoms with Crippen LogP contribution in [-0.2, 0) is 23.1 Å². The summed E-state index contributed by atoms with van der Waals surface area (Å²) in [5, 5.41) is 7.13. The maximum atomic E-state index is 12.4. The summed E-state index contributed by atoms with van der Waals surface area (Å²) in [5.74, 6) is -0.527. The summed E-state index contributed by atoms with van der Waals surface area (Å²) < 4.78 is 7.09. The number of benzene rings is 1. The molecule has 0 spiro atoms. The van der Waals surface area contributed by atoms with Gasteiger partial charge in [-0.05, 0) is 58.9 Å². The fourth-order valence-electron chi connectivity index (χ4n) is 2.79. The molecule has 1 amide bonds. The Morgan fingerprint density at radius 2 is 1.93 bits per heavy atom. The second kappa shape index (κ2) is 8.56. The molecule has 0 radical (unpaired) electrons. The minimum atomic E-state index is -0.582. The van der Waals surface area contributed by atoms with Crippen LogP contribution in [0.15, 0.2) is 24.4 Å². The summed E-state index contributed by atoms with van der Waals surface area (Å²) >= 11 is 0. The van der Waals surface area contributed by atoms with Crippen LogP contribution >= 0.6 is 0 Å². The van der Waals surface area contributed by atoms with Crippen LogP contribution in [0.1, 0.15) is 48.0 Å². The number of carbonyl (C=O) groups is 2. The number of likely N-dealkylation sites (N-methyl/N-ethyl adjacent to an activating group) is 1. The summed E-state index contributed by atoms with van der Waals surface area (Å²) in [7, 11) is 3.60. The van der Waals surface area contributed by atoms with Gasteiger partial charge in [-0.1, -0.05) is 12.1 Å². The van der Waals surface area contributed by atoms with Gasteiger partial charge < -0.3 is 10.1 Å². The smallest absolute Gasteiger partial charge is 0.342 e. The third-order valence-electron chi connectivity index (χ3n) is 4.39. The van der Waals surface area contributed by atoms with Crippen molar-refractivity contribution < 1.29 is 14.3 Å². The van der Waals surface area contributed by atoms with Crippen molar-refractivity contribution in [3.05, 3.63) is 46.8 Å². The Morgan fingerprint density at radius 1 is 1.25 bits per heavy atom. The van der Waals surface area contributed by atoms with E-state index in [1.165, 1.54) is 6.20 Å². The lowest BCUT2D eigenvalue weighted by Crippen LogP contribution is -2.31. The van der Waals surface area contributed by atoms with Crippen LogP contribution in [-0.4, -0.2) is 45.8 Å². The first-order chi connectivity index (χ1) is 13.0. The topological polar surface area (TPSA) is 76.5 Å². The molecule has 28 heavy (non-hydrogen) atoms. The predicted molar refractivity (Wildman–Crippen MR) is 109 cm³/mol. The molecule has 1 N–H and O–H groups in total. The van der Waals surface area contributed by atoms with Crippen LogP contribution in [0.5, 0.6) is 0 Å². The van der Waals surface area contributed by atoms with E-state index in [1.807, 2.05) is 64.8 Å². The third kappa shape index (κ3) is 5.66. The number of nitrogens with zero attached hydrogens (tertiary/aromatic N) is 3. The lowest BCUT2D eigenvalue weighted by atomic mass is 10.1. The first-order valence-electron chi connectivity index (χ1n) is 9.26. The number of hydrogen-bond donors (Lipinski definition) is 1. The van der Waals surface area contributed by atoms with Gasteiger partial charge in [-0.25, -0.2) is 4.79 Å². The van der Waals surface area contributed by atoms with Crippen LogP contribution in [0, 0.1) is 13.8 Å². The lowest BCUT2D eigenvalue weighted by molar-refractivity contribution is -0.117. The number of ether oxygens (including phenoxy) is 1. The van der Waals surface area contributed by atoms with Crippen LogP contribution < -0.4 is 5.32 Å². The zero-order valence-electron chi connectivity index (χ0n) is 17.8. The molecule has 1 heterocycles. The summed E-state index contributed by atoms with van der Waals surface area (Å²) in [4.78, 5) is 26.7. The molecule has 1 aromatic heterocycles. The number of nitrogens with one attached hydrogen (secondary N) is 1. The van der Waals surface area contributed by atoms with Gasteiger partial charge in [-0.2, -0.15) is 5.10 Å². The first-order valence-corrected chi connectivity index (χ1v) is 9.26. The summed E-state index contributed by atoms with van der Waals surface area (Å²) in [5.41, 5.74) is 3.53. The number of aromatic nitrogens is 2. The molecule has 0 aliphatic heterocycles. The number of anilines is 1. The van der Waals surface area contributed by atoms with E-state index in [-0.39, 0.29) is 12.5 Å². The molecular weight excluding hydrogens is 356 g/mol. The molecule has 0 saturated carbocycles. The number of carbonyl (C=O) groups excluding carboxylic acids is 2. The largest absolute Gasteiger partial charge is 0.456 e. The molecule has 0 bridgehead atoms. The summed E-state index contributed by atoms with van der Waals surface area (Å²) in [6.07, 6.45) is 1.51. The number of hydrogen-bond acceptors (Lipinski definition) is 5. The maximum Gasteiger partial charge on any atom is 0.342 e. The average molecular weight is 386 g/mol. The van der Waals surface area contributed by atoms with Gasteiger partial charge >= 0.3 is 5.97 Å². The highest BCUT2D eigenvalue weighted by atomic mass is 16.6. The zero-order chi connectivity index (χ0) is 21.1. The monoisotopic (exact) mass is 386 g/mol. The number of aryl methyl sites for hydroxylation is 2. The van der Waals surface area contributed by atoms with E-state index in [4.69, 9.17) is 4.74 Å². The van der Waals surface area contributed by atoms with Crippen molar-refractivity contribution in [2.75, 3.05) is 18.9 Å². The molecule has 0 atom stereocenters. The highest BCUT2D eigenvalue weighted by Crippen LogP contribution is 2.19. The molecule has 7 nitrogen and oxygen atoms in total. The second-order valence-corrected chi connectivity index (χ2v) is 8.10. The number of amides is 1. The van der Waals surface area contributed by atoms with Crippen LogP contribution in [0.25, 0.3) is 0 Å². The average Bonchev–Trinajstić information content (AvgIpc) is 2.91. The van der Waals surface area contributed by atoms with E-state index in [0.29, 0.717) is 17.8 Å². The Hall–Kier alpha value is -2.67. The lowest BCUT2D eigenvalue weighted by Gasteiger charge is -2.21. The van der Waals surface area contributed by atoms with Gasteiger partial charge in [0.1, 0.15) is 11.2 Å². The molecule has 0 saturated heterocycles. The fraction of sp³-hybridized carbons (Fsp3) is 0.476.